The number of rotatable bonds is 0. The van der Waals surface area contributed by atoms with Crippen molar-refractivity contribution in [2.45, 2.75) is 0 Å². The number of fused-ring (bicyclic) bond motifs is 2. The zero-order valence-electron chi connectivity index (χ0n) is 8.45. The molecule has 6 heteroatoms. The Morgan fingerprint density at radius 1 is 1.24 bits per heavy atom. The van der Waals surface area contributed by atoms with Crippen LogP contribution in [-0.4, -0.2) is 15.0 Å². The second-order valence-electron chi connectivity index (χ2n) is 3.63. The number of hydrogen-bond acceptors (Lipinski definition) is 3. The highest BCUT2D eigenvalue weighted by molar-refractivity contribution is 7.71. The molecule has 0 unspecified atom stereocenters. The number of aromatic amines is 2. The minimum absolute atomic E-state index is 0.252. The highest BCUT2D eigenvalue weighted by atomic mass is 35.5. The van der Waals surface area contributed by atoms with Crippen molar-refractivity contribution in [1.82, 2.24) is 15.0 Å². The SMILES string of the molecule is O=c1[nH]c(=S)[nH]c2nc3ccc(Cl)cc3cc12. The fourth-order valence-corrected chi connectivity index (χ4v) is 2.09. The fraction of sp³-hybridized carbons (Fsp3) is 0. The Balaban J connectivity index is 2.56. The molecule has 3 aromatic rings. The Bertz CT molecular complexity index is 853. The molecule has 2 aromatic heterocycles. The average Bonchev–Trinajstić information content (AvgIpc) is 2.27. The van der Waals surface area contributed by atoms with Gasteiger partial charge in [0.15, 0.2) is 4.77 Å². The largest absolute Gasteiger partial charge is 0.316 e. The summed E-state index contributed by atoms with van der Waals surface area (Å²) in [4.78, 5) is 21.4. The molecule has 0 radical (unpaired) electrons. The van der Waals surface area contributed by atoms with E-state index in [9.17, 15) is 4.79 Å². The minimum atomic E-state index is -0.252. The molecule has 84 valence electrons. The van der Waals surface area contributed by atoms with Gasteiger partial charge in [-0.2, -0.15) is 0 Å². The maximum Gasteiger partial charge on any atom is 0.261 e. The summed E-state index contributed by atoms with van der Waals surface area (Å²) in [6.45, 7) is 0. The molecule has 0 saturated carbocycles. The molecule has 0 saturated heterocycles. The molecule has 0 spiro atoms. The number of H-pyrrole nitrogens is 2. The average molecular weight is 264 g/mol. The number of benzene rings is 1. The van der Waals surface area contributed by atoms with E-state index in [2.05, 4.69) is 15.0 Å². The van der Waals surface area contributed by atoms with Gasteiger partial charge in [-0.05, 0) is 36.5 Å². The Morgan fingerprint density at radius 3 is 2.88 bits per heavy atom. The molecule has 0 atom stereocenters. The summed E-state index contributed by atoms with van der Waals surface area (Å²) in [5, 5.41) is 1.90. The Morgan fingerprint density at radius 2 is 2.06 bits per heavy atom. The van der Waals surface area contributed by atoms with Crippen molar-refractivity contribution in [1.29, 1.82) is 0 Å². The van der Waals surface area contributed by atoms with E-state index < -0.39 is 0 Å². The van der Waals surface area contributed by atoms with Gasteiger partial charge in [-0.25, -0.2) is 4.98 Å². The smallest absolute Gasteiger partial charge is 0.261 e. The summed E-state index contributed by atoms with van der Waals surface area (Å²) in [6, 6.07) is 7.07. The van der Waals surface area contributed by atoms with Crippen LogP contribution >= 0.6 is 23.8 Å². The first-order valence-electron chi connectivity index (χ1n) is 4.86. The van der Waals surface area contributed by atoms with Gasteiger partial charge in [0.2, 0.25) is 0 Å². The lowest BCUT2D eigenvalue weighted by atomic mass is 10.2. The zero-order chi connectivity index (χ0) is 12.0. The van der Waals surface area contributed by atoms with Crippen molar-refractivity contribution in [3.8, 4) is 0 Å². The summed E-state index contributed by atoms with van der Waals surface area (Å²) in [5.41, 5.74) is 0.991. The van der Waals surface area contributed by atoms with E-state index in [-0.39, 0.29) is 10.3 Å². The van der Waals surface area contributed by atoms with Gasteiger partial charge in [0.1, 0.15) is 5.65 Å². The van der Waals surface area contributed by atoms with Crippen molar-refractivity contribution >= 4 is 45.8 Å². The predicted octanol–water partition coefficient (Wildman–Crippen LogP) is 2.79. The first-order chi connectivity index (χ1) is 8.13. The van der Waals surface area contributed by atoms with Crippen molar-refractivity contribution < 1.29 is 0 Å². The maximum atomic E-state index is 11.7. The van der Waals surface area contributed by atoms with E-state index in [1.165, 1.54) is 0 Å². The van der Waals surface area contributed by atoms with Gasteiger partial charge in [-0.1, -0.05) is 11.6 Å². The topological polar surface area (TPSA) is 61.5 Å². The molecule has 0 aliphatic carbocycles. The van der Waals surface area contributed by atoms with E-state index >= 15 is 0 Å². The molecule has 1 aromatic carbocycles. The Hall–Kier alpha value is -1.72. The number of pyridine rings is 1. The van der Waals surface area contributed by atoms with Crippen LogP contribution in [-0.2, 0) is 0 Å². The molecule has 0 aliphatic heterocycles. The van der Waals surface area contributed by atoms with E-state index in [0.717, 1.165) is 10.9 Å². The number of nitrogens with zero attached hydrogens (tertiary/aromatic N) is 1. The van der Waals surface area contributed by atoms with Crippen LogP contribution in [0.3, 0.4) is 0 Å². The van der Waals surface area contributed by atoms with Crippen molar-refractivity contribution in [2.75, 3.05) is 0 Å². The maximum absolute atomic E-state index is 11.7. The quantitative estimate of drug-likeness (QED) is 0.484. The first kappa shape index (κ1) is 10.4. The summed E-state index contributed by atoms with van der Waals surface area (Å²) in [5.74, 6) is 0. The third-order valence-corrected chi connectivity index (χ3v) is 2.92. The van der Waals surface area contributed by atoms with Crippen LogP contribution in [0, 0.1) is 4.77 Å². The third kappa shape index (κ3) is 1.73. The highest BCUT2D eigenvalue weighted by Crippen LogP contribution is 2.19. The predicted molar refractivity (Wildman–Crippen MR) is 70.1 cm³/mol. The van der Waals surface area contributed by atoms with E-state index in [1.807, 2.05) is 0 Å². The minimum Gasteiger partial charge on any atom is -0.316 e. The Kier molecular flexibility index (Phi) is 2.24. The summed E-state index contributed by atoms with van der Waals surface area (Å²) in [6.07, 6.45) is 0. The van der Waals surface area contributed by atoms with E-state index in [0.29, 0.717) is 16.1 Å². The van der Waals surface area contributed by atoms with Crippen molar-refractivity contribution in [3.05, 3.63) is 44.4 Å². The van der Waals surface area contributed by atoms with Gasteiger partial charge >= 0.3 is 0 Å². The third-order valence-electron chi connectivity index (χ3n) is 2.48. The lowest BCUT2D eigenvalue weighted by Gasteiger charge is -2.01. The molecular weight excluding hydrogens is 258 g/mol. The highest BCUT2D eigenvalue weighted by Gasteiger charge is 2.04. The molecule has 0 bridgehead atoms. The van der Waals surface area contributed by atoms with Crippen LogP contribution in [0.2, 0.25) is 5.02 Å². The fourth-order valence-electron chi connectivity index (χ4n) is 1.72. The number of halogens is 1. The monoisotopic (exact) mass is 263 g/mol. The number of nitrogens with one attached hydrogen (secondary N) is 2. The van der Waals surface area contributed by atoms with Gasteiger partial charge in [-0.15, -0.1) is 0 Å². The molecule has 4 nitrogen and oxygen atoms in total. The second kappa shape index (κ2) is 3.65. The standard InChI is InChI=1S/C11H6ClN3OS/c12-6-1-2-8-5(3-6)4-7-9(13-8)14-11(17)15-10(7)16/h1-4H,(H2,13,14,15,16,17). The summed E-state index contributed by atoms with van der Waals surface area (Å²) >= 11 is 10.8. The molecule has 0 aliphatic rings. The van der Waals surface area contributed by atoms with Crippen LogP contribution in [0.15, 0.2) is 29.1 Å². The molecular formula is C11H6ClN3OS. The molecule has 0 amide bonds. The Labute approximate surface area is 105 Å². The van der Waals surface area contributed by atoms with Gasteiger partial charge in [-0.3, -0.25) is 9.78 Å². The number of hydrogen-bond donors (Lipinski definition) is 2. The normalized spacial score (nSPS) is 11.1. The molecule has 2 heterocycles. The molecule has 0 fully saturated rings. The van der Waals surface area contributed by atoms with Crippen molar-refractivity contribution in [3.63, 3.8) is 0 Å². The van der Waals surface area contributed by atoms with Gasteiger partial charge < -0.3 is 4.98 Å². The lowest BCUT2D eigenvalue weighted by molar-refractivity contribution is 1.12. The lowest BCUT2D eigenvalue weighted by Crippen LogP contribution is -2.08. The van der Waals surface area contributed by atoms with E-state index in [4.69, 9.17) is 23.8 Å². The van der Waals surface area contributed by atoms with Crippen LogP contribution in [0.4, 0.5) is 0 Å². The van der Waals surface area contributed by atoms with E-state index in [1.54, 1.807) is 24.3 Å². The molecule has 17 heavy (non-hydrogen) atoms. The van der Waals surface area contributed by atoms with Crippen LogP contribution in [0.1, 0.15) is 0 Å². The van der Waals surface area contributed by atoms with Gasteiger partial charge in [0.25, 0.3) is 5.56 Å². The molecule has 2 N–H and O–H groups in total. The summed E-state index contributed by atoms with van der Waals surface area (Å²) < 4.78 is 0.267. The summed E-state index contributed by atoms with van der Waals surface area (Å²) in [7, 11) is 0. The second-order valence-corrected chi connectivity index (χ2v) is 4.47. The zero-order valence-corrected chi connectivity index (χ0v) is 10.0. The number of aromatic nitrogens is 3. The van der Waals surface area contributed by atoms with Gasteiger partial charge in [0.05, 0.1) is 10.9 Å². The van der Waals surface area contributed by atoms with Crippen molar-refractivity contribution in [2.24, 2.45) is 0 Å². The first-order valence-corrected chi connectivity index (χ1v) is 5.65. The van der Waals surface area contributed by atoms with Crippen LogP contribution in [0.5, 0.6) is 0 Å². The van der Waals surface area contributed by atoms with Gasteiger partial charge in [0, 0.05) is 10.4 Å². The molecule has 3 rings (SSSR count). The van der Waals surface area contributed by atoms with Crippen LogP contribution in [0.25, 0.3) is 21.9 Å². The van der Waals surface area contributed by atoms with Crippen LogP contribution < -0.4 is 5.56 Å².